The van der Waals surface area contributed by atoms with Crippen LogP contribution in [0.5, 0.6) is 0 Å². The van der Waals surface area contributed by atoms with Gasteiger partial charge in [-0.1, -0.05) is 0 Å². The monoisotopic (exact) mass is 360 g/mol. The molecule has 0 bridgehead atoms. The van der Waals surface area contributed by atoms with E-state index in [1.54, 1.807) is 16.4 Å². The van der Waals surface area contributed by atoms with Crippen LogP contribution in [0.4, 0.5) is 0 Å². The highest BCUT2D eigenvalue weighted by molar-refractivity contribution is 7.89. The van der Waals surface area contributed by atoms with Crippen LogP contribution in [0, 0.1) is 5.41 Å². The zero-order valence-corrected chi connectivity index (χ0v) is 15.1. The molecular weight excluding hydrogens is 336 g/mol. The Morgan fingerprint density at radius 3 is 2.08 bits per heavy atom. The molecule has 5 nitrogen and oxygen atoms in total. The maximum absolute atomic E-state index is 13.0. The topological polar surface area (TPSA) is 51.5 Å². The number of piperidine rings is 1. The molecule has 0 N–H and O–H groups in total. The number of ether oxygens (including phenoxy) is 1. The molecule has 1 aromatic carbocycles. The van der Waals surface area contributed by atoms with Crippen molar-refractivity contribution >= 4 is 10.0 Å². The van der Waals surface area contributed by atoms with Crippen LogP contribution in [0.3, 0.4) is 0 Å². The summed E-state index contributed by atoms with van der Waals surface area (Å²) in [7, 11) is -3.41. The van der Waals surface area contributed by atoms with Crippen molar-refractivity contribution < 1.29 is 13.2 Å². The molecule has 0 radical (unpaired) electrons. The van der Waals surface area contributed by atoms with Crippen molar-refractivity contribution in [2.75, 3.05) is 26.3 Å². The van der Waals surface area contributed by atoms with Gasteiger partial charge in [-0.05, 0) is 67.5 Å². The molecule has 3 heterocycles. The third-order valence-corrected chi connectivity index (χ3v) is 7.63. The lowest BCUT2D eigenvalue weighted by Gasteiger charge is -2.43. The summed E-state index contributed by atoms with van der Waals surface area (Å²) in [6, 6.07) is 11.0. The Morgan fingerprint density at radius 1 is 0.880 bits per heavy atom. The summed E-state index contributed by atoms with van der Waals surface area (Å²) in [4.78, 5) is 0.381. The van der Waals surface area contributed by atoms with Gasteiger partial charge in [-0.3, -0.25) is 0 Å². The number of aromatic nitrogens is 1. The molecule has 2 saturated heterocycles. The van der Waals surface area contributed by atoms with Crippen LogP contribution in [-0.4, -0.2) is 43.6 Å². The minimum absolute atomic E-state index is 0.294. The van der Waals surface area contributed by atoms with Crippen molar-refractivity contribution in [3.05, 3.63) is 48.8 Å². The van der Waals surface area contributed by atoms with Crippen LogP contribution < -0.4 is 0 Å². The highest BCUT2D eigenvalue weighted by Gasteiger charge is 2.39. The van der Waals surface area contributed by atoms with Gasteiger partial charge >= 0.3 is 0 Å². The maximum atomic E-state index is 13.0. The fourth-order valence-electron chi connectivity index (χ4n) is 3.95. The SMILES string of the molecule is O=S(=O)(c1ccc(-n2cccc2)cc1)N1CCC2(CCOCC2)CC1. The number of rotatable bonds is 3. The van der Waals surface area contributed by atoms with Gasteiger partial charge < -0.3 is 9.30 Å². The molecule has 0 amide bonds. The van der Waals surface area contributed by atoms with E-state index >= 15 is 0 Å². The average molecular weight is 360 g/mol. The normalized spacial score (nSPS) is 21.4. The number of hydrogen-bond donors (Lipinski definition) is 0. The Bertz CT molecular complexity index is 797. The van der Waals surface area contributed by atoms with Crippen molar-refractivity contribution in [1.82, 2.24) is 8.87 Å². The third-order valence-electron chi connectivity index (χ3n) is 5.71. The molecule has 2 aliphatic heterocycles. The van der Waals surface area contributed by atoms with Gasteiger partial charge in [-0.25, -0.2) is 8.42 Å². The summed E-state index contributed by atoms with van der Waals surface area (Å²) in [5.74, 6) is 0. The minimum Gasteiger partial charge on any atom is -0.381 e. The van der Waals surface area contributed by atoms with E-state index in [1.165, 1.54) is 0 Å². The summed E-state index contributed by atoms with van der Waals surface area (Å²) in [5.41, 5.74) is 1.26. The van der Waals surface area contributed by atoms with Gasteiger partial charge in [0.1, 0.15) is 0 Å². The van der Waals surface area contributed by atoms with E-state index in [0.29, 0.717) is 23.4 Å². The molecule has 2 aromatic rings. The van der Waals surface area contributed by atoms with Crippen molar-refractivity contribution in [3.8, 4) is 5.69 Å². The van der Waals surface area contributed by atoms with Gasteiger partial charge in [0.05, 0.1) is 4.90 Å². The van der Waals surface area contributed by atoms with E-state index < -0.39 is 10.0 Å². The largest absolute Gasteiger partial charge is 0.381 e. The predicted octanol–water partition coefficient (Wildman–Crippen LogP) is 3.06. The predicted molar refractivity (Wildman–Crippen MR) is 96.2 cm³/mol. The number of benzene rings is 1. The summed E-state index contributed by atoms with van der Waals surface area (Å²) < 4.78 is 35.0. The Hall–Kier alpha value is -1.63. The molecule has 0 atom stereocenters. The molecule has 1 aromatic heterocycles. The van der Waals surface area contributed by atoms with Gasteiger partial charge in [0.2, 0.25) is 10.0 Å². The lowest BCUT2D eigenvalue weighted by Crippen LogP contribution is -2.45. The van der Waals surface area contributed by atoms with Crippen LogP contribution in [0.25, 0.3) is 5.69 Å². The zero-order valence-electron chi connectivity index (χ0n) is 14.3. The zero-order chi connectivity index (χ0) is 17.3. The van der Waals surface area contributed by atoms with Gasteiger partial charge in [-0.15, -0.1) is 0 Å². The van der Waals surface area contributed by atoms with E-state index in [-0.39, 0.29) is 0 Å². The van der Waals surface area contributed by atoms with E-state index in [1.807, 2.05) is 41.2 Å². The fourth-order valence-corrected chi connectivity index (χ4v) is 5.39. The standard InChI is InChI=1S/C19H24N2O3S/c22-25(23,18-5-3-17(4-6-18)20-11-1-2-12-20)21-13-7-19(8-14-21)9-15-24-16-10-19/h1-6,11-12H,7-10,13-16H2. The third kappa shape index (κ3) is 3.26. The highest BCUT2D eigenvalue weighted by atomic mass is 32.2. The average Bonchev–Trinajstić information content (AvgIpc) is 3.18. The Morgan fingerprint density at radius 2 is 1.48 bits per heavy atom. The van der Waals surface area contributed by atoms with Crippen molar-refractivity contribution in [3.63, 3.8) is 0 Å². The number of sulfonamides is 1. The lowest BCUT2D eigenvalue weighted by molar-refractivity contribution is -0.00999. The van der Waals surface area contributed by atoms with E-state index in [2.05, 4.69) is 0 Å². The van der Waals surface area contributed by atoms with E-state index in [0.717, 1.165) is 44.6 Å². The summed E-state index contributed by atoms with van der Waals surface area (Å²) >= 11 is 0. The smallest absolute Gasteiger partial charge is 0.243 e. The van der Waals surface area contributed by atoms with Crippen LogP contribution in [0.1, 0.15) is 25.7 Å². The van der Waals surface area contributed by atoms with Crippen LogP contribution in [0.15, 0.2) is 53.7 Å². The molecule has 0 aliphatic carbocycles. The van der Waals surface area contributed by atoms with E-state index in [4.69, 9.17) is 4.74 Å². The van der Waals surface area contributed by atoms with Crippen molar-refractivity contribution in [1.29, 1.82) is 0 Å². The van der Waals surface area contributed by atoms with Crippen molar-refractivity contribution in [2.45, 2.75) is 30.6 Å². The molecular formula is C19H24N2O3S. The quantitative estimate of drug-likeness (QED) is 0.845. The molecule has 2 aliphatic rings. The summed E-state index contributed by atoms with van der Waals surface area (Å²) in [6.45, 7) is 2.85. The molecule has 0 unspecified atom stereocenters. The molecule has 2 fully saturated rings. The molecule has 4 rings (SSSR count). The van der Waals surface area contributed by atoms with Gasteiger partial charge in [0, 0.05) is 44.4 Å². The van der Waals surface area contributed by atoms with E-state index in [9.17, 15) is 8.42 Å². The second kappa shape index (κ2) is 6.59. The van der Waals surface area contributed by atoms with Crippen LogP contribution >= 0.6 is 0 Å². The first-order chi connectivity index (χ1) is 12.1. The van der Waals surface area contributed by atoms with Gasteiger partial charge in [0.15, 0.2) is 0 Å². The summed E-state index contributed by atoms with van der Waals surface area (Å²) in [5, 5.41) is 0. The van der Waals surface area contributed by atoms with Crippen LogP contribution in [-0.2, 0) is 14.8 Å². The Kier molecular flexibility index (Phi) is 4.43. The highest BCUT2D eigenvalue weighted by Crippen LogP contribution is 2.41. The first-order valence-electron chi connectivity index (χ1n) is 8.91. The minimum atomic E-state index is -3.41. The molecule has 0 saturated carbocycles. The maximum Gasteiger partial charge on any atom is 0.243 e. The Labute approximate surface area is 149 Å². The number of hydrogen-bond acceptors (Lipinski definition) is 3. The fraction of sp³-hybridized carbons (Fsp3) is 0.474. The molecule has 6 heteroatoms. The molecule has 1 spiro atoms. The Balaban J connectivity index is 1.48. The first-order valence-corrected chi connectivity index (χ1v) is 10.3. The lowest BCUT2D eigenvalue weighted by atomic mass is 9.73. The first kappa shape index (κ1) is 16.8. The van der Waals surface area contributed by atoms with Crippen LogP contribution in [0.2, 0.25) is 0 Å². The number of nitrogens with zero attached hydrogens (tertiary/aromatic N) is 2. The van der Waals surface area contributed by atoms with Gasteiger partial charge in [0.25, 0.3) is 0 Å². The molecule has 134 valence electrons. The van der Waals surface area contributed by atoms with Crippen molar-refractivity contribution in [2.24, 2.45) is 5.41 Å². The second-order valence-corrected chi connectivity index (χ2v) is 9.04. The second-order valence-electron chi connectivity index (χ2n) is 7.10. The van der Waals surface area contributed by atoms with Gasteiger partial charge in [-0.2, -0.15) is 4.31 Å². The summed E-state index contributed by atoms with van der Waals surface area (Å²) in [6.07, 6.45) is 7.90. The molecule has 25 heavy (non-hydrogen) atoms.